The molecule has 0 aliphatic heterocycles. The zero-order valence-corrected chi connectivity index (χ0v) is 14.9. The summed E-state index contributed by atoms with van der Waals surface area (Å²) in [5.74, 6) is 0. The summed E-state index contributed by atoms with van der Waals surface area (Å²) >= 11 is 1.41. The van der Waals surface area contributed by atoms with Gasteiger partial charge in [0, 0.05) is 0 Å². The fourth-order valence-electron chi connectivity index (χ4n) is 1.81. The van der Waals surface area contributed by atoms with Crippen molar-refractivity contribution in [2.75, 3.05) is 0 Å². The van der Waals surface area contributed by atoms with Gasteiger partial charge in [-0.3, -0.25) is 0 Å². The van der Waals surface area contributed by atoms with Gasteiger partial charge in [0.25, 0.3) is 0 Å². The summed E-state index contributed by atoms with van der Waals surface area (Å²) in [6, 6.07) is 0. The van der Waals surface area contributed by atoms with Gasteiger partial charge in [-0.05, 0) is 0 Å². The fraction of sp³-hybridized carbons (Fsp3) is 0.938. The van der Waals surface area contributed by atoms with E-state index in [1.807, 2.05) is 0 Å². The molecule has 0 bridgehead atoms. The van der Waals surface area contributed by atoms with Crippen LogP contribution in [0.25, 0.3) is 0 Å². The second kappa shape index (κ2) is 26.6. The predicted molar refractivity (Wildman–Crippen MR) is 95.4 cm³/mol. The Bertz CT molecular complexity index is 93.3. The van der Waals surface area contributed by atoms with Crippen molar-refractivity contribution in [3.05, 3.63) is 6.92 Å². The van der Waals surface area contributed by atoms with Gasteiger partial charge >= 0.3 is 0 Å². The van der Waals surface area contributed by atoms with Gasteiger partial charge in [0.1, 0.15) is 0 Å². The normalized spacial score (nSPS) is 9.28. The molecule has 0 aromatic heterocycles. The predicted octanol–water partition coefficient (Wildman–Crippen LogP) is 4.40. The van der Waals surface area contributed by atoms with Gasteiger partial charge in [0.05, 0.1) is 0 Å². The third-order valence-electron chi connectivity index (χ3n) is 3.06. The minimum Gasteiger partial charge on any atom is -0.101 e. The van der Waals surface area contributed by atoms with Crippen LogP contribution < -0.4 is 0 Å². The van der Waals surface area contributed by atoms with E-state index >= 15 is 0 Å². The van der Waals surface area contributed by atoms with E-state index in [2.05, 4.69) is 20.8 Å². The van der Waals surface area contributed by atoms with Crippen molar-refractivity contribution in [3.63, 3.8) is 0 Å². The molecule has 0 rings (SSSR count). The lowest BCUT2D eigenvalue weighted by Gasteiger charge is -1.96. The maximum atomic E-state index is 3.78. The van der Waals surface area contributed by atoms with Gasteiger partial charge < -0.3 is 0 Å². The summed E-state index contributed by atoms with van der Waals surface area (Å²) in [5.41, 5.74) is 0. The lowest BCUT2D eigenvalue weighted by molar-refractivity contribution is 0.624. The molecule has 1 radical (unpaired) electrons. The molecule has 0 N–H and O–H groups in total. The zero-order valence-electron chi connectivity index (χ0n) is 12.9. The molecule has 0 saturated heterocycles. The SMILES string of the molecule is CCCCCCC[CH2][AlH2].[AlH3].[CH2]CCCCCCC. The molecular weight excluding hydrogens is 246 g/mol. The van der Waals surface area contributed by atoms with Crippen LogP contribution in [0.3, 0.4) is 0 Å². The zero-order chi connectivity index (χ0) is 13.2. The first-order valence-electron chi connectivity index (χ1n) is 8.12. The van der Waals surface area contributed by atoms with Gasteiger partial charge in [-0.25, -0.2) is 0 Å². The first kappa shape index (κ1) is 24.1. The number of hydrogen-bond donors (Lipinski definition) is 0. The Morgan fingerprint density at radius 3 is 1.44 bits per heavy atom. The van der Waals surface area contributed by atoms with Crippen LogP contribution in [0.1, 0.15) is 90.9 Å². The van der Waals surface area contributed by atoms with Crippen molar-refractivity contribution in [1.82, 2.24) is 0 Å². The third kappa shape index (κ3) is 30.3. The van der Waals surface area contributed by atoms with E-state index in [0.29, 0.717) is 0 Å². The van der Waals surface area contributed by atoms with Crippen LogP contribution in [0, 0.1) is 6.92 Å². The van der Waals surface area contributed by atoms with Crippen molar-refractivity contribution >= 4 is 33.7 Å². The Hall–Kier alpha value is 1.06. The van der Waals surface area contributed by atoms with Crippen molar-refractivity contribution < 1.29 is 0 Å². The summed E-state index contributed by atoms with van der Waals surface area (Å²) in [4.78, 5) is 0. The first-order chi connectivity index (χ1) is 8.33. The van der Waals surface area contributed by atoms with Crippen molar-refractivity contribution in [2.24, 2.45) is 0 Å². The van der Waals surface area contributed by atoms with E-state index in [-0.39, 0.29) is 17.4 Å². The van der Waals surface area contributed by atoms with Crippen molar-refractivity contribution in [1.29, 1.82) is 0 Å². The third-order valence-corrected chi connectivity index (χ3v) is 3.77. The minimum absolute atomic E-state index is 0. The van der Waals surface area contributed by atoms with Gasteiger partial charge in [-0.1, -0.05) is 97.8 Å². The van der Waals surface area contributed by atoms with Crippen LogP contribution in [0.4, 0.5) is 0 Å². The van der Waals surface area contributed by atoms with Crippen molar-refractivity contribution in [2.45, 2.75) is 96.2 Å². The van der Waals surface area contributed by atoms with Crippen LogP contribution in [-0.2, 0) is 0 Å². The molecule has 0 heterocycles. The molecule has 2 heteroatoms. The molecule has 0 aromatic rings. The molecule has 109 valence electrons. The molecule has 0 unspecified atom stereocenters. The van der Waals surface area contributed by atoms with Crippen LogP contribution >= 0.6 is 0 Å². The molecule has 18 heavy (non-hydrogen) atoms. The summed E-state index contributed by atoms with van der Waals surface area (Å²) in [6.45, 7) is 8.29. The molecule has 0 aliphatic rings. The summed E-state index contributed by atoms with van der Waals surface area (Å²) in [5, 5.41) is 1.51. The summed E-state index contributed by atoms with van der Waals surface area (Å²) in [6.07, 6.45) is 16.7. The molecule has 0 saturated carbocycles. The Morgan fingerprint density at radius 2 is 1.06 bits per heavy atom. The molecule has 0 amide bonds. The Morgan fingerprint density at radius 1 is 0.667 bits per heavy atom. The number of unbranched alkanes of at least 4 members (excludes halogenated alkanes) is 10. The van der Waals surface area contributed by atoms with E-state index in [9.17, 15) is 0 Å². The van der Waals surface area contributed by atoms with Gasteiger partial charge in [-0.15, -0.1) is 5.28 Å². The average Bonchev–Trinajstić information content (AvgIpc) is 2.36. The minimum atomic E-state index is 0. The van der Waals surface area contributed by atoms with Crippen LogP contribution in [-0.4, -0.2) is 33.7 Å². The maximum absolute atomic E-state index is 3.78. The second-order valence-corrected chi connectivity index (χ2v) is 6.04. The topological polar surface area (TPSA) is 0 Å². The molecular formula is C16H39Al2. The largest absolute Gasteiger partial charge is 0.211 e. The maximum Gasteiger partial charge on any atom is 0.211 e. The van der Waals surface area contributed by atoms with E-state index in [1.165, 1.54) is 92.2 Å². The Labute approximate surface area is 136 Å². The first-order valence-corrected chi connectivity index (χ1v) is 9.54. The highest BCUT2D eigenvalue weighted by molar-refractivity contribution is 6.08. The monoisotopic (exact) mass is 285 g/mol. The van der Waals surface area contributed by atoms with E-state index < -0.39 is 0 Å². The number of hydrogen-bond acceptors (Lipinski definition) is 0. The smallest absolute Gasteiger partial charge is 0.101 e. The van der Waals surface area contributed by atoms with Crippen LogP contribution in [0.5, 0.6) is 0 Å². The average molecular weight is 285 g/mol. The quantitative estimate of drug-likeness (QED) is 0.390. The van der Waals surface area contributed by atoms with Crippen molar-refractivity contribution in [3.8, 4) is 0 Å². The van der Waals surface area contributed by atoms with Crippen LogP contribution in [0.2, 0.25) is 5.28 Å². The second-order valence-electron chi connectivity index (χ2n) is 5.04. The standard InChI is InChI=1S/2C8H17.2Al.5H/c2*1-3-5-7-8-6-4-2;;;;;;;/h2*1,3-8H2,2H3;;;;;;;. The molecule has 0 nitrogen and oxygen atoms in total. The van der Waals surface area contributed by atoms with Gasteiger partial charge in [0.2, 0.25) is 16.3 Å². The molecule has 0 fully saturated rings. The Balaban J connectivity index is -0.000000238. The molecule has 0 atom stereocenters. The summed E-state index contributed by atoms with van der Waals surface area (Å²) in [7, 11) is 0. The molecule has 0 aliphatic carbocycles. The fourth-order valence-corrected chi connectivity index (χ4v) is 2.31. The lowest BCUT2D eigenvalue weighted by atomic mass is 10.1. The number of rotatable bonds is 11. The summed E-state index contributed by atoms with van der Waals surface area (Å²) < 4.78 is 0. The highest BCUT2D eigenvalue weighted by atomic mass is 27.0. The lowest BCUT2D eigenvalue weighted by Crippen LogP contribution is -1.77. The van der Waals surface area contributed by atoms with Crippen LogP contribution in [0.15, 0.2) is 0 Å². The molecule has 0 spiro atoms. The van der Waals surface area contributed by atoms with E-state index in [4.69, 9.17) is 0 Å². The Kier molecular flexibility index (Phi) is 35.6. The van der Waals surface area contributed by atoms with Gasteiger partial charge in [-0.2, -0.15) is 0 Å². The van der Waals surface area contributed by atoms with E-state index in [1.54, 1.807) is 0 Å². The highest BCUT2D eigenvalue weighted by Crippen LogP contribution is 2.05. The van der Waals surface area contributed by atoms with Gasteiger partial charge in [0.15, 0.2) is 17.4 Å². The highest BCUT2D eigenvalue weighted by Gasteiger charge is 1.86. The molecule has 0 aromatic carbocycles. The van der Waals surface area contributed by atoms with E-state index in [0.717, 1.165) is 6.42 Å².